The van der Waals surface area contributed by atoms with Crippen molar-refractivity contribution in [1.82, 2.24) is 20.5 Å². The first-order valence-corrected chi connectivity index (χ1v) is 5.86. The SMILES string of the molecule is CCNc1nccc(C(=O)NCc2cn[nH]c2)c1F. The van der Waals surface area contributed by atoms with E-state index in [9.17, 15) is 9.18 Å². The Hall–Kier alpha value is -2.44. The third-order valence-corrected chi connectivity index (χ3v) is 2.49. The lowest BCUT2D eigenvalue weighted by atomic mass is 10.2. The van der Waals surface area contributed by atoms with Crippen LogP contribution in [0.4, 0.5) is 10.2 Å². The molecule has 2 aromatic heterocycles. The van der Waals surface area contributed by atoms with Crippen molar-refractivity contribution in [1.29, 1.82) is 0 Å². The molecule has 0 spiro atoms. The van der Waals surface area contributed by atoms with Crippen LogP contribution in [0.2, 0.25) is 0 Å². The quantitative estimate of drug-likeness (QED) is 0.759. The van der Waals surface area contributed by atoms with Gasteiger partial charge in [0.1, 0.15) is 0 Å². The fourth-order valence-electron chi connectivity index (χ4n) is 1.56. The van der Waals surface area contributed by atoms with E-state index in [1.807, 2.05) is 6.92 Å². The fraction of sp³-hybridized carbons (Fsp3) is 0.250. The lowest BCUT2D eigenvalue weighted by Gasteiger charge is -2.08. The summed E-state index contributed by atoms with van der Waals surface area (Å²) >= 11 is 0. The summed E-state index contributed by atoms with van der Waals surface area (Å²) in [6.07, 6.45) is 4.65. The number of hydrogen-bond acceptors (Lipinski definition) is 4. The van der Waals surface area contributed by atoms with Crippen molar-refractivity contribution in [2.75, 3.05) is 11.9 Å². The minimum atomic E-state index is -0.644. The van der Waals surface area contributed by atoms with Gasteiger partial charge in [-0.2, -0.15) is 5.10 Å². The second-order valence-electron chi connectivity index (χ2n) is 3.84. The third kappa shape index (κ3) is 3.06. The Kier molecular flexibility index (Phi) is 4.07. The van der Waals surface area contributed by atoms with Crippen molar-refractivity contribution in [2.45, 2.75) is 13.5 Å². The minimum Gasteiger partial charge on any atom is -0.368 e. The molecule has 2 aromatic rings. The molecule has 0 bridgehead atoms. The highest BCUT2D eigenvalue weighted by Crippen LogP contribution is 2.14. The van der Waals surface area contributed by atoms with Crippen molar-refractivity contribution < 1.29 is 9.18 Å². The summed E-state index contributed by atoms with van der Waals surface area (Å²) in [5.74, 6) is -1.05. The molecule has 0 unspecified atom stereocenters. The van der Waals surface area contributed by atoms with Gasteiger partial charge < -0.3 is 10.6 Å². The highest BCUT2D eigenvalue weighted by molar-refractivity contribution is 5.95. The first-order chi connectivity index (χ1) is 9.22. The number of rotatable bonds is 5. The molecule has 0 fully saturated rings. The average molecular weight is 263 g/mol. The number of carbonyl (C=O) groups excluding carboxylic acids is 1. The highest BCUT2D eigenvalue weighted by Gasteiger charge is 2.15. The summed E-state index contributed by atoms with van der Waals surface area (Å²) < 4.78 is 14.0. The van der Waals surface area contributed by atoms with Gasteiger partial charge in [-0.25, -0.2) is 9.37 Å². The number of aromatic nitrogens is 3. The molecule has 0 radical (unpaired) electrons. The molecule has 19 heavy (non-hydrogen) atoms. The molecule has 0 saturated carbocycles. The number of aromatic amines is 1. The lowest BCUT2D eigenvalue weighted by molar-refractivity contribution is 0.0947. The van der Waals surface area contributed by atoms with E-state index in [1.54, 1.807) is 12.4 Å². The standard InChI is InChI=1S/C12H14FN5O/c1-2-14-11-10(13)9(3-4-15-11)12(19)16-5-8-6-17-18-7-8/h3-4,6-7H,2,5H2,1H3,(H,14,15)(H,16,19)(H,17,18). The number of pyridine rings is 1. The maximum atomic E-state index is 14.0. The molecule has 0 saturated heterocycles. The van der Waals surface area contributed by atoms with Crippen LogP contribution in [0.5, 0.6) is 0 Å². The van der Waals surface area contributed by atoms with E-state index in [0.29, 0.717) is 6.54 Å². The van der Waals surface area contributed by atoms with Gasteiger partial charge in [0.2, 0.25) is 0 Å². The molecule has 2 rings (SSSR count). The van der Waals surface area contributed by atoms with Crippen molar-refractivity contribution >= 4 is 11.7 Å². The van der Waals surface area contributed by atoms with Crippen LogP contribution in [0.1, 0.15) is 22.8 Å². The topological polar surface area (TPSA) is 82.7 Å². The monoisotopic (exact) mass is 263 g/mol. The molecule has 0 aliphatic carbocycles. The zero-order valence-corrected chi connectivity index (χ0v) is 10.4. The number of nitrogens with one attached hydrogen (secondary N) is 3. The van der Waals surface area contributed by atoms with E-state index in [2.05, 4.69) is 25.8 Å². The number of nitrogens with zero attached hydrogens (tertiary/aromatic N) is 2. The molecule has 0 aliphatic heterocycles. The van der Waals surface area contributed by atoms with Crippen molar-refractivity contribution in [2.24, 2.45) is 0 Å². The summed E-state index contributed by atoms with van der Waals surface area (Å²) in [4.78, 5) is 15.7. The number of halogens is 1. The third-order valence-electron chi connectivity index (χ3n) is 2.49. The largest absolute Gasteiger partial charge is 0.368 e. The van der Waals surface area contributed by atoms with Crippen molar-refractivity contribution in [3.63, 3.8) is 0 Å². The molecule has 1 amide bonds. The van der Waals surface area contributed by atoms with Gasteiger partial charge in [0.15, 0.2) is 11.6 Å². The van der Waals surface area contributed by atoms with Crippen LogP contribution in [0.15, 0.2) is 24.7 Å². The van der Waals surface area contributed by atoms with Gasteiger partial charge in [0, 0.05) is 31.0 Å². The van der Waals surface area contributed by atoms with Gasteiger partial charge >= 0.3 is 0 Å². The number of amides is 1. The maximum absolute atomic E-state index is 14.0. The minimum absolute atomic E-state index is 0.0329. The van der Waals surface area contributed by atoms with Crippen LogP contribution in [-0.2, 0) is 6.54 Å². The molecular formula is C12H14FN5O. The number of hydrogen-bond donors (Lipinski definition) is 3. The van der Waals surface area contributed by atoms with Gasteiger partial charge in [-0.1, -0.05) is 0 Å². The van der Waals surface area contributed by atoms with Crippen LogP contribution in [0.3, 0.4) is 0 Å². The van der Waals surface area contributed by atoms with E-state index in [1.165, 1.54) is 12.3 Å². The predicted molar refractivity (Wildman–Crippen MR) is 68.1 cm³/mol. The number of anilines is 1. The van der Waals surface area contributed by atoms with Crippen molar-refractivity contribution in [3.05, 3.63) is 41.6 Å². The van der Waals surface area contributed by atoms with Gasteiger partial charge in [-0.15, -0.1) is 0 Å². The van der Waals surface area contributed by atoms with Gasteiger partial charge in [0.25, 0.3) is 5.91 Å². The smallest absolute Gasteiger partial charge is 0.254 e. The Balaban J connectivity index is 2.08. The fourth-order valence-corrected chi connectivity index (χ4v) is 1.56. The second kappa shape index (κ2) is 5.94. The highest BCUT2D eigenvalue weighted by atomic mass is 19.1. The zero-order chi connectivity index (χ0) is 13.7. The summed E-state index contributed by atoms with van der Waals surface area (Å²) in [5.41, 5.74) is 0.782. The maximum Gasteiger partial charge on any atom is 0.254 e. The molecule has 0 aliphatic rings. The number of carbonyl (C=O) groups is 1. The van der Waals surface area contributed by atoms with Crippen LogP contribution < -0.4 is 10.6 Å². The van der Waals surface area contributed by atoms with E-state index >= 15 is 0 Å². The molecule has 3 N–H and O–H groups in total. The molecule has 6 nitrogen and oxygen atoms in total. The van der Waals surface area contributed by atoms with Crippen LogP contribution in [0.25, 0.3) is 0 Å². The molecule has 0 atom stereocenters. The lowest BCUT2D eigenvalue weighted by Crippen LogP contribution is -2.24. The van der Waals surface area contributed by atoms with E-state index in [0.717, 1.165) is 5.56 Å². The molecular weight excluding hydrogens is 249 g/mol. The van der Waals surface area contributed by atoms with Crippen molar-refractivity contribution in [3.8, 4) is 0 Å². The molecule has 2 heterocycles. The first-order valence-electron chi connectivity index (χ1n) is 5.86. The Morgan fingerprint density at radius 3 is 3.05 bits per heavy atom. The summed E-state index contributed by atoms with van der Waals surface area (Å²) in [6, 6.07) is 1.35. The Morgan fingerprint density at radius 2 is 2.37 bits per heavy atom. The predicted octanol–water partition coefficient (Wildman–Crippen LogP) is 1.31. The molecule has 7 heteroatoms. The van der Waals surface area contributed by atoms with E-state index in [-0.39, 0.29) is 17.9 Å². The average Bonchev–Trinajstić information content (AvgIpc) is 2.92. The first kappa shape index (κ1) is 13.0. The summed E-state index contributed by atoms with van der Waals surface area (Å²) in [5, 5.41) is 11.8. The van der Waals surface area contributed by atoms with Gasteiger partial charge in [-0.3, -0.25) is 9.89 Å². The second-order valence-corrected chi connectivity index (χ2v) is 3.84. The van der Waals surface area contributed by atoms with E-state index < -0.39 is 11.7 Å². The summed E-state index contributed by atoms with van der Waals surface area (Å²) in [7, 11) is 0. The number of H-pyrrole nitrogens is 1. The molecule has 0 aromatic carbocycles. The van der Waals surface area contributed by atoms with E-state index in [4.69, 9.17) is 0 Å². The Morgan fingerprint density at radius 1 is 1.53 bits per heavy atom. The van der Waals surface area contributed by atoms with Crippen LogP contribution in [-0.4, -0.2) is 27.6 Å². The zero-order valence-electron chi connectivity index (χ0n) is 10.4. The molecule has 100 valence electrons. The van der Waals surface area contributed by atoms with Gasteiger partial charge in [0.05, 0.1) is 11.8 Å². The van der Waals surface area contributed by atoms with Crippen LogP contribution in [0, 0.1) is 5.82 Å². The Bertz CT molecular complexity index is 555. The summed E-state index contributed by atoms with van der Waals surface area (Å²) in [6.45, 7) is 2.64. The van der Waals surface area contributed by atoms with Gasteiger partial charge in [-0.05, 0) is 13.0 Å². The van der Waals surface area contributed by atoms with Crippen LogP contribution >= 0.6 is 0 Å². The normalized spacial score (nSPS) is 10.2. The Labute approximate surface area is 109 Å².